The monoisotopic (exact) mass is 392 g/mol. The van der Waals surface area contributed by atoms with Crippen molar-refractivity contribution in [2.45, 2.75) is 37.6 Å². The number of nitrogens with zero attached hydrogens (tertiary/aromatic N) is 1. The van der Waals surface area contributed by atoms with E-state index < -0.39 is 15.8 Å². The maximum absolute atomic E-state index is 13.7. The second kappa shape index (κ2) is 7.38. The van der Waals surface area contributed by atoms with Crippen molar-refractivity contribution < 1.29 is 12.8 Å². The Kier molecular flexibility index (Phi) is 5.99. The smallest absolute Gasteiger partial charge is 0.243 e. The third-order valence-electron chi connectivity index (χ3n) is 4.06. The summed E-state index contributed by atoms with van der Waals surface area (Å²) < 4.78 is 41.3. The lowest BCUT2D eigenvalue weighted by Gasteiger charge is -2.35. The van der Waals surface area contributed by atoms with Gasteiger partial charge in [0, 0.05) is 23.6 Å². The molecule has 1 saturated heterocycles. The minimum Gasteiger partial charge on any atom is -0.299 e. The molecule has 1 heterocycles. The normalized spacial score (nSPS) is 21.7. The first-order valence-electron chi connectivity index (χ1n) is 7.48. The Balaban J connectivity index is 2.01. The first kappa shape index (κ1) is 17.8. The fraction of sp³-hybridized carbons (Fsp3) is 0.600. The number of nitrogens with one attached hydrogen (secondary N) is 1. The fourth-order valence-corrected chi connectivity index (χ4v) is 4.48. The molecule has 1 aromatic rings. The SMILES string of the molecule is CC1CCCN(C(C)CNS(=O)(=O)c2cc(Br)ccc2F)C1. The number of hydrogen-bond donors (Lipinski definition) is 1. The highest BCUT2D eigenvalue weighted by molar-refractivity contribution is 9.10. The van der Waals surface area contributed by atoms with Gasteiger partial charge in [0.15, 0.2) is 0 Å². The van der Waals surface area contributed by atoms with Gasteiger partial charge in [-0.25, -0.2) is 17.5 Å². The molecule has 0 amide bonds. The van der Waals surface area contributed by atoms with E-state index in [-0.39, 0.29) is 17.5 Å². The second-order valence-corrected chi connectivity index (χ2v) is 8.67. The van der Waals surface area contributed by atoms with Crippen LogP contribution in [0.4, 0.5) is 4.39 Å². The number of benzene rings is 1. The molecule has 0 saturated carbocycles. The number of rotatable bonds is 5. The zero-order chi connectivity index (χ0) is 16.3. The third kappa shape index (κ3) is 4.50. The highest BCUT2D eigenvalue weighted by Crippen LogP contribution is 2.21. The quantitative estimate of drug-likeness (QED) is 0.837. The van der Waals surface area contributed by atoms with Gasteiger partial charge in [-0.05, 0) is 50.4 Å². The molecular formula is C15H22BrFN2O2S. The van der Waals surface area contributed by atoms with Crippen molar-refractivity contribution in [1.82, 2.24) is 9.62 Å². The minimum atomic E-state index is -3.84. The van der Waals surface area contributed by atoms with Crippen molar-refractivity contribution >= 4 is 26.0 Å². The molecule has 4 nitrogen and oxygen atoms in total. The van der Waals surface area contributed by atoms with E-state index in [9.17, 15) is 12.8 Å². The zero-order valence-corrected chi connectivity index (χ0v) is 15.3. The van der Waals surface area contributed by atoms with E-state index in [0.29, 0.717) is 10.4 Å². The summed E-state index contributed by atoms with van der Waals surface area (Å²) in [7, 11) is -3.84. The van der Waals surface area contributed by atoms with E-state index in [4.69, 9.17) is 0 Å². The molecule has 1 fully saturated rings. The van der Waals surface area contributed by atoms with Crippen molar-refractivity contribution in [3.05, 3.63) is 28.5 Å². The van der Waals surface area contributed by atoms with Gasteiger partial charge in [-0.15, -0.1) is 0 Å². The lowest BCUT2D eigenvalue weighted by Crippen LogP contribution is -2.46. The van der Waals surface area contributed by atoms with Crippen LogP contribution in [-0.4, -0.2) is 39.0 Å². The van der Waals surface area contributed by atoms with Crippen LogP contribution >= 0.6 is 15.9 Å². The van der Waals surface area contributed by atoms with E-state index >= 15 is 0 Å². The molecule has 2 unspecified atom stereocenters. The van der Waals surface area contributed by atoms with Gasteiger partial charge in [-0.2, -0.15) is 0 Å². The van der Waals surface area contributed by atoms with E-state index in [2.05, 4.69) is 32.5 Å². The largest absolute Gasteiger partial charge is 0.299 e. The summed E-state index contributed by atoms with van der Waals surface area (Å²) >= 11 is 3.17. The van der Waals surface area contributed by atoms with Crippen molar-refractivity contribution in [1.29, 1.82) is 0 Å². The molecule has 2 atom stereocenters. The lowest BCUT2D eigenvalue weighted by atomic mass is 9.99. The van der Waals surface area contributed by atoms with Gasteiger partial charge in [0.05, 0.1) is 0 Å². The number of sulfonamides is 1. The summed E-state index contributed by atoms with van der Waals surface area (Å²) in [6.07, 6.45) is 2.36. The van der Waals surface area contributed by atoms with Crippen LogP contribution < -0.4 is 4.72 Å². The summed E-state index contributed by atoms with van der Waals surface area (Å²) in [6.45, 7) is 6.45. The second-order valence-electron chi connectivity index (χ2n) is 6.02. The Morgan fingerprint density at radius 3 is 2.91 bits per heavy atom. The molecule has 1 aliphatic rings. The van der Waals surface area contributed by atoms with E-state index in [1.165, 1.54) is 18.6 Å². The summed E-state index contributed by atoms with van der Waals surface area (Å²) in [5.74, 6) is -0.106. The van der Waals surface area contributed by atoms with Crippen molar-refractivity contribution in [3.8, 4) is 0 Å². The molecule has 0 aliphatic carbocycles. The van der Waals surface area contributed by atoms with Gasteiger partial charge in [0.25, 0.3) is 0 Å². The summed E-state index contributed by atoms with van der Waals surface area (Å²) in [4.78, 5) is 1.97. The van der Waals surface area contributed by atoms with E-state index in [1.807, 2.05) is 6.92 Å². The van der Waals surface area contributed by atoms with Gasteiger partial charge >= 0.3 is 0 Å². The average Bonchev–Trinajstić information content (AvgIpc) is 2.47. The van der Waals surface area contributed by atoms with Crippen LogP contribution in [0.25, 0.3) is 0 Å². The van der Waals surface area contributed by atoms with Crippen LogP contribution in [0.1, 0.15) is 26.7 Å². The Hall–Kier alpha value is -0.500. The van der Waals surface area contributed by atoms with Gasteiger partial charge in [0.1, 0.15) is 10.7 Å². The average molecular weight is 393 g/mol. The molecule has 2 rings (SSSR count). The van der Waals surface area contributed by atoms with Gasteiger partial charge in [-0.3, -0.25) is 4.90 Å². The molecule has 0 radical (unpaired) electrons. The summed E-state index contributed by atoms with van der Waals surface area (Å²) in [5, 5.41) is 0. The molecule has 7 heteroatoms. The maximum Gasteiger partial charge on any atom is 0.243 e. The van der Waals surface area contributed by atoms with Crippen molar-refractivity contribution in [2.24, 2.45) is 5.92 Å². The molecule has 0 bridgehead atoms. The molecule has 22 heavy (non-hydrogen) atoms. The molecule has 1 N–H and O–H groups in total. The van der Waals surface area contributed by atoms with Crippen LogP contribution in [0.3, 0.4) is 0 Å². The Labute approximate surface area is 140 Å². The maximum atomic E-state index is 13.7. The van der Waals surface area contributed by atoms with Crippen molar-refractivity contribution in [2.75, 3.05) is 19.6 Å². The van der Waals surface area contributed by atoms with Gasteiger partial charge in [-0.1, -0.05) is 22.9 Å². The number of hydrogen-bond acceptors (Lipinski definition) is 3. The van der Waals surface area contributed by atoms with Crippen LogP contribution in [-0.2, 0) is 10.0 Å². The molecule has 1 aromatic carbocycles. The van der Waals surface area contributed by atoms with Crippen LogP contribution in [0.15, 0.2) is 27.6 Å². The van der Waals surface area contributed by atoms with Gasteiger partial charge < -0.3 is 0 Å². The molecule has 1 aliphatic heterocycles. The predicted octanol–water partition coefficient (Wildman–Crippen LogP) is 2.99. The number of likely N-dealkylation sites (tertiary alicyclic amines) is 1. The number of halogens is 2. The first-order valence-corrected chi connectivity index (χ1v) is 9.76. The minimum absolute atomic E-state index is 0.0905. The fourth-order valence-electron chi connectivity index (χ4n) is 2.75. The van der Waals surface area contributed by atoms with Gasteiger partial charge in [0.2, 0.25) is 10.0 Å². The summed E-state index contributed by atoms with van der Waals surface area (Å²) in [5.41, 5.74) is 0. The van der Waals surface area contributed by atoms with E-state index in [1.54, 1.807) is 0 Å². The standard InChI is InChI=1S/C15H22BrFN2O2S/c1-11-4-3-7-19(10-11)12(2)9-18-22(20,21)15-8-13(16)5-6-14(15)17/h5-6,8,11-12,18H,3-4,7,9-10H2,1-2H3. The third-order valence-corrected chi connectivity index (χ3v) is 6.00. The van der Waals surface area contributed by atoms with Crippen LogP contribution in [0.5, 0.6) is 0 Å². The van der Waals surface area contributed by atoms with E-state index in [0.717, 1.165) is 25.6 Å². The highest BCUT2D eigenvalue weighted by Gasteiger charge is 2.24. The molecule has 0 aromatic heterocycles. The molecular weight excluding hydrogens is 371 g/mol. The zero-order valence-electron chi connectivity index (χ0n) is 12.9. The highest BCUT2D eigenvalue weighted by atomic mass is 79.9. The Morgan fingerprint density at radius 2 is 2.23 bits per heavy atom. The molecule has 124 valence electrons. The van der Waals surface area contributed by atoms with Crippen LogP contribution in [0.2, 0.25) is 0 Å². The predicted molar refractivity (Wildman–Crippen MR) is 88.7 cm³/mol. The van der Waals surface area contributed by atoms with Crippen LogP contribution in [0, 0.1) is 11.7 Å². The Morgan fingerprint density at radius 1 is 1.50 bits per heavy atom. The Bertz CT molecular complexity index is 624. The van der Waals surface area contributed by atoms with Crippen molar-refractivity contribution in [3.63, 3.8) is 0 Å². The molecule has 0 spiro atoms. The summed E-state index contributed by atoms with van der Waals surface area (Å²) in [6, 6.07) is 4.00. The first-order chi connectivity index (χ1) is 10.3. The number of piperidine rings is 1. The topological polar surface area (TPSA) is 49.4 Å². The lowest BCUT2D eigenvalue weighted by molar-refractivity contribution is 0.140.